The molecule has 6 rings (SSSR count). The Kier molecular flexibility index (Phi) is 7.56. The second kappa shape index (κ2) is 11.7. The van der Waals surface area contributed by atoms with Gasteiger partial charge in [0.15, 0.2) is 5.82 Å². The first-order chi connectivity index (χ1) is 18.8. The third-order valence-electron chi connectivity index (χ3n) is 7.79. The lowest BCUT2D eigenvalue weighted by Gasteiger charge is -2.41. The van der Waals surface area contributed by atoms with E-state index in [1.807, 2.05) is 4.68 Å². The molecule has 0 bridgehead atoms. The molecule has 7 nitrogen and oxygen atoms in total. The van der Waals surface area contributed by atoms with Crippen molar-refractivity contribution in [2.45, 2.75) is 25.4 Å². The van der Waals surface area contributed by atoms with Gasteiger partial charge in [0.2, 0.25) is 0 Å². The van der Waals surface area contributed by atoms with Crippen LogP contribution in [0.15, 0.2) is 91.2 Å². The average Bonchev–Trinajstić information content (AvgIpc) is 3.61. The van der Waals surface area contributed by atoms with Crippen LogP contribution in [0.1, 0.15) is 29.4 Å². The summed E-state index contributed by atoms with van der Waals surface area (Å²) < 4.78 is 2.04. The lowest BCUT2D eigenvalue weighted by atomic mass is 9.90. The molecule has 7 heteroatoms. The van der Waals surface area contributed by atoms with E-state index in [1.165, 1.54) is 22.0 Å². The zero-order valence-electron chi connectivity index (χ0n) is 21.7. The smallest absolute Gasteiger partial charge is 0.169 e. The number of piperazine rings is 1. The van der Waals surface area contributed by atoms with Crippen LogP contribution in [-0.2, 0) is 13.0 Å². The van der Waals surface area contributed by atoms with Gasteiger partial charge in [-0.25, -0.2) is 4.68 Å². The minimum atomic E-state index is 0.163. The molecule has 2 atom stereocenters. The number of hydrogen-bond acceptors (Lipinski definition) is 5. The van der Waals surface area contributed by atoms with Gasteiger partial charge in [0.05, 0.1) is 6.04 Å². The van der Waals surface area contributed by atoms with Crippen LogP contribution >= 0.6 is 0 Å². The highest BCUT2D eigenvalue weighted by atomic mass is 15.6. The number of allylic oxidation sites excluding steroid dienone is 3. The molecule has 1 N–H and O–H groups in total. The summed E-state index contributed by atoms with van der Waals surface area (Å²) in [6.45, 7) is 5.83. The zero-order chi connectivity index (χ0) is 25.6. The standard InChI is InChI=1S/C31H35N7/c1-3-10-25(11-4-1)12-9-18-36-20-22-37(23-21-36)30(26-13-5-2-6-14-26)31-33-34-35-38(31)19-17-27-24-32-29-16-8-7-15-28(27)29/h1-13,15-16,24,26,30,32H,14,17-23H2/b12-9+/t26?,30-/m0/s1. The highest BCUT2D eigenvalue weighted by molar-refractivity contribution is 5.83. The number of tetrazole rings is 1. The van der Waals surface area contributed by atoms with Crippen LogP contribution < -0.4 is 0 Å². The number of hydrogen-bond donors (Lipinski definition) is 1. The minimum absolute atomic E-state index is 0.163. The Labute approximate surface area is 224 Å². The first-order valence-corrected chi connectivity index (χ1v) is 13.7. The highest BCUT2D eigenvalue weighted by Gasteiger charge is 2.34. The molecule has 38 heavy (non-hydrogen) atoms. The summed E-state index contributed by atoms with van der Waals surface area (Å²) in [5, 5.41) is 14.5. The van der Waals surface area contributed by atoms with E-state index < -0.39 is 0 Å². The molecule has 2 aliphatic rings. The molecule has 0 amide bonds. The topological polar surface area (TPSA) is 65.9 Å². The third-order valence-corrected chi connectivity index (χ3v) is 7.79. The van der Waals surface area contributed by atoms with E-state index in [4.69, 9.17) is 0 Å². The number of benzene rings is 2. The van der Waals surface area contributed by atoms with Crippen molar-refractivity contribution < 1.29 is 0 Å². The number of nitrogens with one attached hydrogen (secondary N) is 1. The van der Waals surface area contributed by atoms with Crippen LogP contribution in [0.4, 0.5) is 0 Å². The number of aromatic amines is 1. The van der Waals surface area contributed by atoms with E-state index in [0.717, 1.165) is 57.9 Å². The Hall–Kier alpha value is -3.81. The largest absolute Gasteiger partial charge is 0.361 e. The van der Waals surface area contributed by atoms with Crippen molar-refractivity contribution in [1.29, 1.82) is 0 Å². The Balaban J connectivity index is 1.14. The number of rotatable bonds is 9. The van der Waals surface area contributed by atoms with E-state index in [0.29, 0.717) is 5.92 Å². The minimum Gasteiger partial charge on any atom is -0.361 e. The quantitative estimate of drug-likeness (QED) is 0.350. The van der Waals surface area contributed by atoms with Gasteiger partial charge in [-0.2, -0.15) is 0 Å². The average molecular weight is 506 g/mol. The van der Waals surface area contributed by atoms with Gasteiger partial charge in [0.1, 0.15) is 0 Å². The lowest BCUT2D eigenvalue weighted by molar-refractivity contribution is 0.0772. The van der Waals surface area contributed by atoms with Gasteiger partial charge >= 0.3 is 0 Å². The third kappa shape index (κ3) is 5.54. The Morgan fingerprint density at radius 1 is 0.974 bits per heavy atom. The van der Waals surface area contributed by atoms with E-state index in [9.17, 15) is 0 Å². The predicted octanol–water partition coefficient (Wildman–Crippen LogP) is 4.90. The van der Waals surface area contributed by atoms with Crippen molar-refractivity contribution in [3.05, 3.63) is 108 Å². The number of fused-ring (bicyclic) bond motifs is 1. The van der Waals surface area contributed by atoms with Crippen LogP contribution in [0.2, 0.25) is 0 Å². The second-order valence-corrected chi connectivity index (χ2v) is 10.2. The molecule has 0 spiro atoms. The van der Waals surface area contributed by atoms with Gasteiger partial charge in [-0.1, -0.05) is 85.0 Å². The fourth-order valence-electron chi connectivity index (χ4n) is 5.73. The van der Waals surface area contributed by atoms with Gasteiger partial charge in [-0.05, 0) is 40.5 Å². The first kappa shape index (κ1) is 24.5. The molecule has 194 valence electrons. The number of aryl methyl sites for hydroxylation is 2. The monoisotopic (exact) mass is 505 g/mol. The fourth-order valence-corrected chi connectivity index (χ4v) is 5.73. The molecule has 2 aromatic heterocycles. The molecule has 4 aromatic rings. The number of H-pyrrole nitrogens is 1. The summed E-state index contributed by atoms with van der Waals surface area (Å²) in [5.74, 6) is 1.34. The van der Waals surface area contributed by atoms with Crippen molar-refractivity contribution in [2.75, 3.05) is 32.7 Å². The Bertz CT molecular complexity index is 1410. The summed E-state index contributed by atoms with van der Waals surface area (Å²) >= 11 is 0. The van der Waals surface area contributed by atoms with Gasteiger partial charge in [-0.15, -0.1) is 5.10 Å². The maximum Gasteiger partial charge on any atom is 0.169 e. The predicted molar refractivity (Wildman–Crippen MR) is 152 cm³/mol. The van der Waals surface area contributed by atoms with Crippen molar-refractivity contribution in [1.82, 2.24) is 35.0 Å². The lowest BCUT2D eigenvalue weighted by Crippen LogP contribution is -2.49. The molecule has 1 aliphatic heterocycles. The van der Waals surface area contributed by atoms with Crippen molar-refractivity contribution >= 4 is 17.0 Å². The van der Waals surface area contributed by atoms with Gasteiger partial charge < -0.3 is 4.98 Å². The van der Waals surface area contributed by atoms with Gasteiger partial charge in [0.25, 0.3) is 0 Å². The molecular formula is C31H35N7. The maximum atomic E-state index is 4.60. The molecule has 1 unspecified atom stereocenters. The zero-order valence-corrected chi connectivity index (χ0v) is 21.7. The Morgan fingerprint density at radius 3 is 2.66 bits per heavy atom. The van der Waals surface area contributed by atoms with Gasteiger partial charge in [0, 0.05) is 62.3 Å². The van der Waals surface area contributed by atoms with Crippen molar-refractivity contribution in [3.8, 4) is 0 Å². The Morgan fingerprint density at radius 2 is 1.82 bits per heavy atom. The van der Waals surface area contributed by atoms with Gasteiger partial charge in [-0.3, -0.25) is 9.80 Å². The SMILES string of the molecule is C1=CCC([C@@H](c2nnnn2CCc2c[nH]c3ccccc23)N2CCN(C/C=C/c3ccccc3)CC2)C=C1. The normalized spacial score (nSPS) is 19.5. The van der Waals surface area contributed by atoms with E-state index in [2.05, 4.69) is 128 Å². The summed E-state index contributed by atoms with van der Waals surface area (Å²) in [7, 11) is 0. The summed E-state index contributed by atoms with van der Waals surface area (Å²) in [6.07, 6.45) is 17.4. The number of nitrogens with zero attached hydrogens (tertiary/aromatic N) is 6. The fraction of sp³-hybridized carbons (Fsp3) is 0.323. The maximum absolute atomic E-state index is 4.60. The van der Waals surface area contributed by atoms with Crippen LogP contribution in [0, 0.1) is 5.92 Å². The van der Waals surface area contributed by atoms with E-state index in [1.54, 1.807) is 0 Å². The van der Waals surface area contributed by atoms with E-state index >= 15 is 0 Å². The first-order valence-electron chi connectivity index (χ1n) is 13.7. The molecule has 1 fully saturated rings. The molecule has 2 aromatic carbocycles. The molecule has 1 aliphatic carbocycles. The number of para-hydroxylation sites is 1. The summed E-state index contributed by atoms with van der Waals surface area (Å²) in [4.78, 5) is 8.52. The van der Waals surface area contributed by atoms with Crippen molar-refractivity contribution in [3.63, 3.8) is 0 Å². The molecule has 0 radical (unpaired) electrons. The number of aromatic nitrogens is 5. The molecule has 1 saturated heterocycles. The molecule has 3 heterocycles. The van der Waals surface area contributed by atoms with Crippen LogP contribution in [0.5, 0.6) is 0 Å². The van der Waals surface area contributed by atoms with Crippen LogP contribution in [0.3, 0.4) is 0 Å². The van der Waals surface area contributed by atoms with Crippen molar-refractivity contribution in [2.24, 2.45) is 5.92 Å². The summed E-state index contributed by atoms with van der Waals surface area (Å²) in [6, 6.07) is 19.1. The highest BCUT2D eigenvalue weighted by Crippen LogP contribution is 2.33. The van der Waals surface area contributed by atoms with E-state index in [-0.39, 0.29) is 6.04 Å². The summed E-state index contributed by atoms with van der Waals surface area (Å²) in [5.41, 5.74) is 3.73. The second-order valence-electron chi connectivity index (χ2n) is 10.2. The van der Waals surface area contributed by atoms with Crippen LogP contribution in [-0.4, -0.2) is 67.7 Å². The van der Waals surface area contributed by atoms with Crippen LogP contribution in [0.25, 0.3) is 17.0 Å². The molecule has 0 saturated carbocycles. The molecular weight excluding hydrogens is 470 g/mol.